The van der Waals surface area contributed by atoms with Crippen molar-refractivity contribution in [3.05, 3.63) is 60.2 Å². The number of carbonyl (C=O) groups is 2. The van der Waals surface area contributed by atoms with Gasteiger partial charge in [0.25, 0.3) is 0 Å². The summed E-state index contributed by atoms with van der Waals surface area (Å²) in [6.45, 7) is 7.15. The maximum atomic E-state index is 12.3. The van der Waals surface area contributed by atoms with Crippen LogP contribution in [0.2, 0.25) is 0 Å². The Morgan fingerprint density at radius 2 is 1.67 bits per heavy atom. The second-order valence-corrected chi connectivity index (χ2v) is 9.27. The Morgan fingerprint density at radius 3 is 2.37 bits per heavy atom. The van der Waals surface area contributed by atoms with Crippen LogP contribution in [0.25, 0.3) is 0 Å². The van der Waals surface area contributed by atoms with Crippen molar-refractivity contribution >= 4 is 12.2 Å². The standard InChI is InChI=1S/C24H30N2O4/c1-23(2)13-17(19-11-7-8-12-20(19)30-21(25)27)14-24(3,15-23)16-26-22(28)29-18-9-5-4-6-10-18/h4-12,17H,13-16H2,1-3H3,(H2,25,27)(H,26,28). The lowest BCUT2D eigenvalue weighted by molar-refractivity contribution is 0.0796. The Kier molecular flexibility index (Phi) is 6.34. The highest BCUT2D eigenvalue weighted by Crippen LogP contribution is 2.53. The van der Waals surface area contributed by atoms with Gasteiger partial charge in [-0.25, -0.2) is 9.59 Å². The number of rotatable bonds is 5. The second-order valence-electron chi connectivity index (χ2n) is 9.27. The Morgan fingerprint density at radius 1 is 1.00 bits per heavy atom. The summed E-state index contributed by atoms with van der Waals surface area (Å²) >= 11 is 0. The van der Waals surface area contributed by atoms with E-state index in [1.54, 1.807) is 18.2 Å². The van der Waals surface area contributed by atoms with E-state index in [0.717, 1.165) is 24.8 Å². The van der Waals surface area contributed by atoms with E-state index in [1.165, 1.54) is 0 Å². The number of nitrogens with two attached hydrogens (primary N) is 1. The van der Waals surface area contributed by atoms with Gasteiger partial charge in [-0.1, -0.05) is 57.2 Å². The highest BCUT2D eigenvalue weighted by molar-refractivity contribution is 5.70. The van der Waals surface area contributed by atoms with Gasteiger partial charge in [-0.3, -0.25) is 0 Å². The van der Waals surface area contributed by atoms with Crippen LogP contribution in [0.15, 0.2) is 54.6 Å². The lowest BCUT2D eigenvalue weighted by Gasteiger charge is -2.47. The number of hydrogen-bond acceptors (Lipinski definition) is 4. The van der Waals surface area contributed by atoms with Crippen molar-refractivity contribution in [3.63, 3.8) is 0 Å². The Hall–Kier alpha value is -3.02. The topological polar surface area (TPSA) is 90.6 Å². The van der Waals surface area contributed by atoms with Crippen LogP contribution in [0.5, 0.6) is 11.5 Å². The number of carbonyl (C=O) groups excluding carboxylic acids is 2. The quantitative estimate of drug-likeness (QED) is 0.706. The Balaban J connectivity index is 1.72. The minimum Gasteiger partial charge on any atom is -0.410 e. The molecule has 1 aliphatic rings. The molecule has 0 aliphatic heterocycles. The minimum absolute atomic E-state index is 0.0581. The number of ether oxygens (including phenoxy) is 2. The molecule has 0 spiro atoms. The minimum atomic E-state index is -0.814. The number of benzene rings is 2. The molecule has 2 atom stereocenters. The summed E-state index contributed by atoms with van der Waals surface area (Å²) in [6.07, 6.45) is 1.49. The van der Waals surface area contributed by atoms with Crippen molar-refractivity contribution in [1.82, 2.24) is 5.32 Å². The van der Waals surface area contributed by atoms with E-state index in [-0.39, 0.29) is 16.7 Å². The van der Waals surface area contributed by atoms with Crippen molar-refractivity contribution in [2.75, 3.05) is 6.54 Å². The van der Waals surface area contributed by atoms with Crippen LogP contribution in [-0.2, 0) is 0 Å². The van der Waals surface area contributed by atoms with Gasteiger partial charge >= 0.3 is 12.2 Å². The largest absolute Gasteiger partial charge is 0.412 e. The van der Waals surface area contributed by atoms with Crippen LogP contribution in [-0.4, -0.2) is 18.7 Å². The van der Waals surface area contributed by atoms with Crippen molar-refractivity contribution in [3.8, 4) is 11.5 Å². The number of nitrogens with one attached hydrogen (secondary N) is 1. The van der Waals surface area contributed by atoms with Crippen LogP contribution in [0, 0.1) is 10.8 Å². The van der Waals surface area contributed by atoms with Gasteiger partial charge in [0.1, 0.15) is 11.5 Å². The van der Waals surface area contributed by atoms with E-state index in [9.17, 15) is 9.59 Å². The molecule has 1 fully saturated rings. The van der Waals surface area contributed by atoms with E-state index in [0.29, 0.717) is 18.0 Å². The molecular weight excluding hydrogens is 380 g/mol. The second kappa shape index (κ2) is 8.78. The molecule has 2 aromatic carbocycles. The van der Waals surface area contributed by atoms with Crippen LogP contribution in [0.4, 0.5) is 9.59 Å². The van der Waals surface area contributed by atoms with Crippen LogP contribution in [0.3, 0.4) is 0 Å². The molecule has 0 bridgehead atoms. The first-order chi connectivity index (χ1) is 14.2. The first kappa shape index (κ1) is 21.7. The number of primary amides is 1. The highest BCUT2D eigenvalue weighted by atomic mass is 16.6. The average molecular weight is 411 g/mol. The third kappa shape index (κ3) is 5.75. The predicted octanol–water partition coefficient (Wildman–Crippen LogP) is 5.23. The fraction of sp³-hybridized carbons (Fsp3) is 0.417. The van der Waals surface area contributed by atoms with Crippen molar-refractivity contribution in [2.24, 2.45) is 16.6 Å². The van der Waals surface area contributed by atoms with E-state index in [1.807, 2.05) is 36.4 Å². The molecule has 160 valence electrons. The Labute approximate surface area is 177 Å². The lowest BCUT2D eigenvalue weighted by Crippen LogP contribution is -2.43. The molecule has 30 heavy (non-hydrogen) atoms. The summed E-state index contributed by atoms with van der Waals surface area (Å²) in [5, 5.41) is 2.93. The molecule has 2 amide bonds. The SMILES string of the molecule is CC1(C)CC(c2ccccc2OC(N)=O)CC(C)(CNC(=O)Oc2ccccc2)C1. The van der Waals surface area contributed by atoms with Crippen LogP contribution < -0.4 is 20.5 Å². The summed E-state index contributed by atoms with van der Waals surface area (Å²) in [7, 11) is 0. The smallest absolute Gasteiger partial charge is 0.410 e. The molecule has 6 heteroatoms. The molecule has 0 heterocycles. The normalized spacial score (nSPS) is 22.7. The highest BCUT2D eigenvalue weighted by Gasteiger charge is 2.42. The molecular formula is C24H30N2O4. The van der Waals surface area contributed by atoms with E-state index in [4.69, 9.17) is 15.2 Å². The van der Waals surface area contributed by atoms with Gasteiger partial charge in [0.2, 0.25) is 0 Å². The van der Waals surface area contributed by atoms with Gasteiger partial charge in [-0.2, -0.15) is 0 Å². The predicted molar refractivity (Wildman–Crippen MR) is 116 cm³/mol. The molecule has 1 saturated carbocycles. The molecule has 0 saturated heterocycles. The summed E-state index contributed by atoms with van der Waals surface area (Å²) in [6, 6.07) is 16.5. The van der Waals surface area contributed by atoms with Gasteiger partial charge in [-0.15, -0.1) is 0 Å². The van der Waals surface area contributed by atoms with E-state index >= 15 is 0 Å². The van der Waals surface area contributed by atoms with Gasteiger partial charge < -0.3 is 20.5 Å². The first-order valence-corrected chi connectivity index (χ1v) is 10.2. The van der Waals surface area contributed by atoms with Crippen LogP contribution >= 0.6 is 0 Å². The maximum absolute atomic E-state index is 12.3. The molecule has 2 unspecified atom stereocenters. The maximum Gasteiger partial charge on any atom is 0.412 e. The fourth-order valence-electron chi connectivity index (χ4n) is 4.92. The zero-order valence-corrected chi connectivity index (χ0v) is 17.8. The number of para-hydroxylation sites is 2. The zero-order chi connectivity index (χ0) is 21.8. The third-order valence-electron chi connectivity index (χ3n) is 5.63. The van der Waals surface area contributed by atoms with Crippen molar-refractivity contribution in [2.45, 2.75) is 46.0 Å². The van der Waals surface area contributed by atoms with E-state index < -0.39 is 12.2 Å². The van der Waals surface area contributed by atoms with Crippen molar-refractivity contribution < 1.29 is 19.1 Å². The zero-order valence-electron chi connectivity index (χ0n) is 17.8. The molecule has 6 nitrogen and oxygen atoms in total. The van der Waals surface area contributed by atoms with E-state index in [2.05, 4.69) is 26.1 Å². The molecule has 1 aliphatic carbocycles. The van der Waals surface area contributed by atoms with Gasteiger partial charge in [-0.05, 0) is 59.8 Å². The van der Waals surface area contributed by atoms with Crippen molar-refractivity contribution in [1.29, 1.82) is 0 Å². The van der Waals surface area contributed by atoms with Gasteiger partial charge in [0, 0.05) is 6.54 Å². The summed E-state index contributed by atoms with van der Waals surface area (Å²) in [5.74, 6) is 1.20. The monoisotopic (exact) mass is 410 g/mol. The number of hydrogen-bond donors (Lipinski definition) is 2. The summed E-state index contributed by atoms with van der Waals surface area (Å²) in [4.78, 5) is 23.6. The number of amides is 2. The molecule has 3 rings (SSSR count). The summed E-state index contributed by atoms with van der Waals surface area (Å²) < 4.78 is 10.6. The molecule has 0 radical (unpaired) electrons. The first-order valence-electron chi connectivity index (χ1n) is 10.2. The average Bonchev–Trinajstić information content (AvgIpc) is 2.66. The lowest BCUT2D eigenvalue weighted by atomic mass is 9.59. The van der Waals surface area contributed by atoms with Crippen LogP contribution in [0.1, 0.15) is 51.5 Å². The molecule has 2 aromatic rings. The molecule has 0 aromatic heterocycles. The Bertz CT molecular complexity index is 897. The fourth-order valence-corrected chi connectivity index (χ4v) is 4.92. The third-order valence-corrected chi connectivity index (χ3v) is 5.63. The van der Waals surface area contributed by atoms with Gasteiger partial charge in [0.05, 0.1) is 0 Å². The summed E-state index contributed by atoms with van der Waals surface area (Å²) in [5.41, 5.74) is 6.15. The molecule has 3 N–H and O–H groups in total. The van der Waals surface area contributed by atoms with Gasteiger partial charge in [0.15, 0.2) is 0 Å².